The van der Waals surface area contributed by atoms with Gasteiger partial charge in [0.1, 0.15) is 22.4 Å². The van der Waals surface area contributed by atoms with Crippen molar-refractivity contribution in [3.63, 3.8) is 0 Å². The number of benzene rings is 2. The largest absolute Gasteiger partial charge is 0.504 e. The first-order valence-electron chi connectivity index (χ1n) is 13.2. The van der Waals surface area contributed by atoms with Crippen LogP contribution in [0.2, 0.25) is 0 Å². The van der Waals surface area contributed by atoms with E-state index in [0.29, 0.717) is 35.1 Å². The van der Waals surface area contributed by atoms with Crippen molar-refractivity contribution in [2.24, 2.45) is 10.7 Å². The van der Waals surface area contributed by atoms with E-state index in [0.717, 1.165) is 11.1 Å². The number of carbonyl (C=O) groups is 1. The second-order valence-corrected chi connectivity index (χ2v) is 10.4. The predicted molar refractivity (Wildman–Crippen MR) is 158 cm³/mol. The molecule has 4 N–H and O–H groups in total. The number of halogens is 2. The first-order chi connectivity index (χ1) is 21.1. The highest BCUT2D eigenvalue weighted by atomic mass is 32.2. The molecule has 4 aromatic rings. The number of aliphatic imine (C=N–C) groups is 1. The Bertz CT molecular complexity index is 1770. The molecule has 14 heteroatoms. The maximum absolute atomic E-state index is 15.6. The van der Waals surface area contributed by atoms with Gasteiger partial charge >= 0.3 is 5.97 Å². The van der Waals surface area contributed by atoms with Gasteiger partial charge in [-0.3, -0.25) is 10.4 Å². The molecule has 0 spiro atoms. The highest BCUT2D eigenvalue weighted by Crippen LogP contribution is 2.39. The third-order valence-electron chi connectivity index (χ3n) is 6.31. The molecule has 0 amide bonds. The number of ether oxygens (including phenoxy) is 3. The molecule has 226 valence electrons. The normalized spacial score (nSPS) is 12.5. The van der Waals surface area contributed by atoms with E-state index in [1.165, 1.54) is 36.2 Å². The third kappa shape index (κ3) is 6.54. The van der Waals surface area contributed by atoms with Crippen LogP contribution in [0.5, 0.6) is 28.9 Å². The van der Waals surface area contributed by atoms with Crippen LogP contribution in [-0.4, -0.2) is 64.4 Å². The van der Waals surface area contributed by atoms with Crippen molar-refractivity contribution >= 4 is 29.4 Å². The van der Waals surface area contributed by atoms with Gasteiger partial charge in [-0.25, -0.2) is 19.2 Å². The van der Waals surface area contributed by atoms with Crippen molar-refractivity contribution in [1.29, 1.82) is 5.41 Å². The molecule has 0 aliphatic carbocycles. The van der Waals surface area contributed by atoms with E-state index in [1.807, 2.05) is 11.9 Å². The van der Waals surface area contributed by atoms with Crippen molar-refractivity contribution in [3.8, 4) is 28.9 Å². The molecule has 0 unspecified atom stereocenters. The van der Waals surface area contributed by atoms with Crippen LogP contribution in [0.1, 0.15) is 28.4 Å². The minimum absolute atomic E-state index is 0.115. The van der Waals surface area contributed by atoms with E-state index < -0.39 is 29.2 Å². The topological polar surface area (TPSA) is 156 Å². The number of likely N-dealkylation sites (N-methyl/N-ethyl adjacent to an activating group) is 1. The Labute approximate surface area is 254 Å². The summed E-state index contributed by atoms with van der Waals surface area (Å²) >= 11 is 1.31. The van der Waals surface area contributed by atoms with Crippen LogP contribution in [0.4, 0.5) is 8.78 Å². The summed E-state index contributed by atoms with van der Waals surface area (Å²) in [6.07, 6.45) is 2.16. The zero-order valence-corrected chi connectivity index (χ0v) is 24.3. The van der Waals surface area contributed by atoms with E-state index >= 15 is 4.39 Å². The highest BCUT2D eigenvalue weighted by Gasteiger charge is 2.25. The number of carbonyl (C=O) groups excluding carboxylic acids is 1. The standard InChI is InChI=1S/C30H26F2N6O5S/c1-3-41-30(40)17-5-9-24(36-14-17)44-18-6-8-22(19(13-18)28-35-10-11-38(28)2)42-26-20(31)15-37-29(25(26)32)43-23-12-16(27(33)34)4-7-21(23)39/h4-9,12-15,39H,3,10-11H2,1-2H3,(H3,33,34). The van der Waals surface area contributed by atoms with Crippen molar-refractivity contribution in [2.75, 3.05) is 26.7 Å². The molecule has 0 bridgehead atoms. The summed E-state index contributed by atoms with van der Waals surface area (Å²) in [6, 6.07) is 12.2. The number of pyridine rings is 2. The number of rotatable bonds is 10. The fourth-order valence-electron chi connectivity index (χ4n) is 4.13. The number of nitrogens with zero attached hydrogens (tertiary/aromatic N) is 4. The lowest BCUT2D eigenvalue weighted by Crippen LogP contribution is -2.24. The summed E-state index contributed by atoms with van der Waals surface area (Å²) in [7, 11) is 1.84. The number of nitrogens with one attached hydrogen (secondary N) is 1. The molecule has 2 aromatic heterocycles. The number of phenolic OH excluding ortho intramolecular Hbond substituents is 1. The number of hydrogen-bond donors (Lipinski definition) is 3. The van der Waals surface area contributed by atoms with Gasteiger partial charge in [-0.15, -0.1) is 0 Å². The lowest BCUT2D eigenvalue weighted by molar-refractivity contribution is 0.0525. The molecule has 5 rings (SSSR count). The van der Waals surface area contributed by atoms with Gasteiger partial charge in [0.15, 0.2) is 17.3 Å². The van der Waals surface area contributed by atoms with Crippen molar-refractivity contribution in [2.45, 2.75) is 16.8 Å². The molecule has 2 aromatic carbocycles. The van der Waals surface area contributed by atoms with Gasteiger partial charge in [0.05, 0.1) is 30.5 Å². The molecule has 0 radical (unpaired) electrons. The van der Waals surface area contributed by atoms with E-state index in [2.05, 4.69) is 15.0 Å². The first-order valence-corrected chi connectivity index (χ1v) is 14.0. The summed E-state index contributed by atoms with van der Waals surface area (Å²) in [4.78, 5) is 27.1. The number of amidine groups is 2. The zero-order chi connectivity index (χ0) is 31.4. The molecule has 0 atom stereocenters. The van der Waals surface area contributed by atoms with Crippen LogP contribution in [0.3, 0.4) is 0 Å². The van der Waals surface area contributed by atoms with E-state index in [1.54, 1.807) is 37.3 Å². The Kier molecular flexibility index (Phi) is 8.90. The molecule has 1 aliphatic heterocycles. The fourth-order valence-corrected chi connectivity index (χ4v) is 4.93. The molecular formula is C30H26F2N6O5S. The quantitative estimate of drug-likeness (QED) is 0.120. The van der Waals surface area contributed by atoms with Crippen LogP contribution in [0.15, 0.2) is 75.8 Å². The first kappa shape index (κ1) is 30.2. The molecular weight excluding hydrogens is 594 g/mol. The predicted octanol–water partition coefficient (Wildman–Crippen LogP) is 5.35. The number of aromatic hydroxyl groups is 1. The van der Waals surface area contributed by atoms with Gasteiger partial charge in [0.25, 0.3) is 5.88 Å². The van der Waals surface area contributed by atoms with E-state index in [-0.39, 0.29) is 35.3 Å². The van der Waals surface area contributed by atoms with Crippen LogP contribution in [0, 0.1) is 17.0 Å². The summed E-state index contributed by atoms with van der Waals surface area (Å²) in [5.74, 6) is -4.49. The minimum Gasteiger partial charge on any atom is -0.504 e. The van der Waals surface area contributed by atoms with Gasteiger partial charge in [-0.05, 0) is 55.5 Å². The third-order valence-corrected chi connectivity index (χ3v) is 7.25. The van der Waals surface area contributed by atoms with Gasteiger partial charge in [0.2, 0.25) is 11.6 Å². The maximum Gasteiger partial charge on any atom is 0.339 e. The number of aromatic nitrogens is 2. The Morgan fingerprint density at radius 3 is 2.55 bits per heavy atom. The van der Waals surface area contributed by atoms with Crippen LogP contribution < -0.4 is 15.2 Å². The monoisotopic (exact) mass is 620 g/mol. The SMILES string of the molecule is CCOC(=O)c1ccc(Sc2ccc(Oc3c(F)cnc(Oc4cc(C(=N)N)ccc4O)c3F)c(C3=NCCN3C)c2)nc1. The average Bonchev–Trinajstić information content (AvgIpc) is 3.44. The van der Waals surface area contributed by atoms with Gasteiger partial charge < -0.3 is 30.0 Å². The molecule has 1 aliphatic rings. The molecule has 0 saturated heterocycles. The maximum atomic E-state index is 15.6. The molecule has 0 saturated carbocycles. The Balaban J connectivity index is 1.45. The summed E-state index contributed by atoms with van der Waals surface area (Å²) < 4.78 is 46.8. The fraction of sp³-hybridized carbons (Fsp3) is 0.167. The summed E-state index contributed by atoms with van der Waals surface area (Å²) in [5.41, 5.74) is 6.51. The number of nitrogens with two attached hydrogens (primary N) is 1. The van der Waals surface area contributed by atoms with Crippen LogP contribution in [0.25, 0.3) is 0 Å². The second kappa shape index (κ2) is 13.0. The lowest BCUT2D eigenvalue weighted by atomic mass is 10.1. The van der Waals surface area contributed by atoms with Crippen LogP contribution in [-0.2, 0) is 4.74 Å². The molecule has 11 nitrogen and oxygen atoms in total. The van der Waals surface area contributed by atoms with Crippen molar-refractivity contribution in [1.82, 2.24) is 14.9 Å². The van der Waals surface area contributed by atoms with E-state index in [9.17, 15) is 14.3 Å². The lowest BCUT2D eigenvalue weighted by Gasteiger charge is -2.19. The van der Waals surface area contributed by atoms with Crippen molar-refractivity contribution in [3.05, 3.63) is 89.2 Å². The number of hydrogen-bond acceptors (Lipinski definition) is 11. The Morgan fingerprint density at radius 2 is 1.86 bits per heavy atom. The van der Waals surface area contributed by atoms with Gasteiger partial charge in [-0.2, -0.15) is 4.39 Å². The Hall–Kier alpha value is -5.24. The smallest absolute Gasteiger partial charge is 0.339 e. The second-order valence-electron chi connectivity index (χ2n) is 9.35. The van der Waals surface area contributed by atoms with Gasteiger partial charge in [-0.1, -0.05) is 11.8 Å². The highest BCUT2D eigenvalue weighted by molar-refractivity contribution is 7.99. The van der Waals surface area contributed by atoms with Crippen LogP contribution >= 0.6 is 11.8 Å². The Morgan fingerprint density at radius 1 is 1.07 bits per heavy atom. The number of esters is 1. The van der Waals surface area contributed by atoms with Crippen molar-refractivity contribution < 1.29 is 32.9 Å². The summed E-state index contributed by atoms with van der Waals surface area (Å²) in [5, 5.41) is 18.3. The number of nitrogen functional groups attached to an aromatic ring is 1. The molecule has 44 heavy (non-hydrogen) atoms. The summed E-state index contributed by atoms with van der Waals surface area (Å²) in [6.45, 7) is 3.14. The zero-order valence-electron chi connectivity index (χ0n) is 23.5. The average molecular weight is 621 g/mol. The molecule has 3 heterocycles. The van der Waals surface area contributed by atoms with Gasteiger partial charge in [0, 0.05) is 30.2 Å². The minimum atomic E-state index is -1.25. The van der Waals surface area contributed by atoms with E-state index in [4.69, 9.17) is 25.4 Å². The molecule has 0 fully saturated rings. The number of phenols is 1.